The molecule has 0 radical (unpaired) electrons. The van der Waals surface area contributed by atoms with Gasteiger partial charge in [-0.05, 0) is 37.9 Å². The molecule has 1 saturated heterocycles. The quantitative estimate of drug-likeness (QED) is 0.889. The lowest BCUT2D eigenvalue weighted by molar-refractivity contribution is 0.183. The Balaban J connectivity index is 1.87. The second-order valence-electron chi connectivity index (χ2n) is 6.57. The van der Waals surface area contributed by atoms with Crippen LogP contribution in [0.3, 0.4) is 0 Å². The number of halogens is 1. The Hall–Kier alpha value is -2.72. The molecule has 0 atom stereocenters. The summed E-state index contributed by atoms with van der Waals surface area (Å²) in [6.45, 7) is 4.80. The van der Waals surface area contributed by atoms with Crippen LogP contribution in [0.2, 0.25) is 0 Å². The van der Waals surface area contributed by atoms with Gasteiger partial charge in [0.05, 0.1) is 5.69 Å². The first-order valence-corrected chi connectivity index (χ1v) is 8.32. The van der Waals surface area contributed by atoms with Crippen molar-refractivity contribution in [3.05, 3.63) is 35.1 Å². The van der Waals surface area contributed by atoms with E-state index in [0.29, 0.717) is 17.7 Å². The van der Waals surface area contributed by atoms with E-state index in [-0.39, 0.29) is 28.8 Å². The van der Waals surface area contributed by atoms with Crippen LogP contribution < -0.4 is 11.5 Å². The highest BCUT2D eigenvalue weighted by Gasteiger charge is 2.18. The summed E-state index contributed by atoms with van der Waals surface area (Å²) in [6.07, 6.45) is 2.29. The van der Waals surface area contributed by atoms with Crippen molar-refractivity contribution in [2.45, 2.75) is 26.3 Å². The summed E-state index contributed by atoms with van der Waals surface area (Å²) in [5, 5.41) is 9.26. The first-order chi connectivity index (χ1) is 12.0. The average molecular weight is 340 g/mol. The van der Waals surface area contributed by atoms with Crippen LogP contribution in [0.4, 0.5) is 16.2 Å². The van der Waals surface area contributed by atoms with E-state index in [4.69, 9.17) is 11.5 Å². The number of nitriles is 1. The van der Waals surface area contributed by atoms with Crippen LogP contribution >= 0.6 is 0 Å². The van der Waals surface area contributed by atoms with Crippen LogP contribution in [0.5, 0.6) is 0 Å². The highest BCUT2D eigenvalue weighted by Crippen LogP contribution is 2.27. The van der Waals surface area contributed by atoms with Gasteiger partial charge in [-0.3, -0.25) is 4.90 Å². The molecule has 4 N–H and O–H groups in total. The number of anilines is 2. The molecule has 0 amide bonds. The number of rotatable bonds is 3. The monoisotopic (exact) mass is 340 g/mol. The van der Waals surface area contributed by atoms with Crippen LogP contribution in [0.15, 0.2) is 18.2 Å². The van der Waals surface area contributed by atoms with E-state index in [1.165, 1.54) is 6.07 Å². The van der Waals surface area contributed by atoms with Gasteiger partial charge < -0.3 is 11.5 Å². The van der Waals surface area contributed by atoms with Gasteiger partial charge in [0.2, 0.25) is 5.95 Å². The molecule has 1 fully saturated rings. The van der Waals surface area contributed by atoms with Crippen molar-refractivity contribution >= 4 is 11.8 Å². The van der Waals surface area contributed by atoms with Crippen molar-refractivity contribution in [2.75, 3.05) is 24.6 Å². The maximum atomic E-state index is 14.6. The van der Waals surface area contributed by atoms with Crippen LogP contribution in [0.1, 0.15) is 30.9 Å². The molecular weight excluding hydrogens is 319 g/mol. The van der Waals surface area contributed by atoms with E-state index in [2.05, 4.69) is 21.8 Å². The molecular formula is C18H21FN6. The van der Waals surface area contributed by atoms with Gasteiger partial charge in [0.1, 0.15) is 23.3 Å². The third-order valence-electron chi connectivity index (χ3n) is 4.66. The lowest BCUT2D eigenvalue weighted by atomic mass is 9.98. The molecule has 0 spiro atoms. The van der Waals surface area contributed by atoms with E-state index in [9.17, 15) is 9.65 Å². The second-order valence-corrected chi connectivity index (χ2v) is 6.57. The van der Waals surface area contributed by atoms with Crippen LogP contribution in [-0.4, -0.2) is 28.0 Å². The fraction of sp³-hybridized carbons (Fsp3) is 0.389. The zero-order valence-corrected chi connectivity index (χ0v) is 14.2. The standard InChI is InChI=1S/C18H21FN6/c1-11-4-6-25(7-5-11)10-13-3-2-12(8-15(13)19)16-14(9-20)17(21)24-18(22)23-16/h2-3,8,11H,4-7,10H2,1H3,(H4,21,22,23,24). The molecule has 0 aliphatic carbocycles. The van der Waals surface area contributed by atoms with Crippen molar-refractivity contribution in [3.63, 3.8) is 0 Å². The molecule has 0 unspecified atom stereocenters. The van der Waals surface area contributed by atoms with Gasteiger partial charge >= 0.3 is 0 Å². The van der Waals surface area contributed by atoms with Crippen molar-refractivity contribution in [3.8, 4) is 17.3 Å². The Kier molecular flexibility index (Phi) is 4.81. The maximum Gasteiger partial charge on any atom is 0.222 e. The molecule has 1 aromatic carbocycles. The SMILES string of the molecule is CC1CCN(Cc2ccc(-c3nc(N)nc(N)c3C#N)cc2F)CC1. The van der Waals surface area contributed by atoms with Gasteiger partial charge in [0, 0.05) is 17.7 Å². The molecule has 2 aromatic rings. The van der Waals surface area contributed by atoms with E-state index < -0.39 is 0 Å². The van der Waals surface area contributed by atoms with Crippen molar-refractivity contribution in [2.24, 2.45) is 5.92 Å². The number of aromatic nitrogens is 2. The van der Waals surface area contributed by atoms with Crippen molar-refractivity contribution in [1.82, 2.24) is 14.9 Å². The molecule has 0 saturated carbocycles. The molecule has 1 aromatic heterocycles. The van der Waals surface area contributed by atoms with E-state index in [1.54, 1.807) is 12.1 Å². The van der Waals surface area contributed by atoms with Crippen LogP contribution in [-0.2, 0) is 6.54 Å². The zero-order valence-electron chi connectivity index (χ0n) is 14.2. The normalized spacial score (nSPS) is 15.9. The number of nitrogens with zero attached hydrogens (tertiary/aromatic N) is 4. The highest BCUT2D eigenvalue weighted by atomic mass is 19.1. The number of hydrogen-bond acceptors (Lipinski definition) is 6. The maximum absolute atomic E-state index is 14.6. The van der Waals surface area contributed by atoms with E-state index in [1.807, 2.05) is 6.07 Å². The Morgan fingerprint density at radius 2 is 2.00 bits per heavy atom. The highest BCUT2D eigenvalue weighted by molar-refractivity contribution is 5.73. The average Bonchev–Trinajstić information content (AvgIpc) is 2.58. The summed E-state index contributed by atoms with van der Waals surface area (Å²) in [4.78, 5) is 10.1. The third kappa shape index (κ3) is 3.69. The Bertz CT molecular complexity index is 821. The minimum atomic E-state index is -0.323. The summed E-state index contributed by atoms with van der Waals surface area (Å²) in [7, 11) is 0. The van der Waals surface area contributed by atoms with Crippen molar-refractivity contribution in [1.29, 1.82) is 5.26 Å². The number of likely N-dealkylation sites (tertiary alicyclic amines) is 1. The minimum absolute atomic E-state index is 0.00285. The van der Waals surface area contributed by atoms with Gasteiger partial charge in [-0.25, -0.2) is 9.37 Å². The topological polar surface area (TPSA) is 105 Å². The smallest absolute Gasteiger partial charge is 0.222 e. The first-order valence-electron chi connectivity index (χ1n) is 8.32. The van der Waals surface area contributed by atoms with Gasteiger partial charge in [-0.2, -0.15) is 10.2 Å². The minimum Gasteiger partial charge on any atom is -0.382 e. The van der Waals surface area contributed by atoms with Crippen LogP contribution in [0, 0.1) is 23.1 Å². The fourth-order valence-electron chi connectivity index (χ4n) is 3.10. The molecule has 25 heavy (non-hydrogen) atoms. The Morgan fingerprint density at radius 1 is 1.28 bits per heavy atom. The van der Waals surface area contributed by atoms with Crippen molar-refractivity contribution < 1.29 is 4.39 Å². The van der Waals surface area contributed by atoms with Gasteiger partial charge in [0.25, 0.3) is 0 Å². The molecule has 3 rings (SSSR count). The summed E-state index contributed by atoms with van der Waals surface area (Å²) in [5.74, 6) is 0.368. The Morgan fingerprint density at radius 3 is 2.64 bits per heavy atom. The summed E-state index contributed by atoms with van der Waals surface area (Å²) in [6, 6.07) is 6.81. The van der Waals surface area contributed by atoms with E-state index >= 15 is 0 Å². The molecule has 7 heteroatoms. The molecule has 2 heterocycles. The Labute approximate surface area is 146 Å². The summed E-state index contributed by atoms with van der Waals surface area (Å²) >= 11 is 0. The molecule has 1 aliphatic rings. The lowest BCUT2D eigenvalue weighted by Gasteiger charge is -2.30. The number of nitrogen functional groups attached to an aromatic ring is 2. The number of piperidine rings is 1. The predicted molar refractivity (Wildman–Crippen MR) is 94.6 cm³/mol. The van der Waals surface area contributed by atoms with E-state index in [0.717, 1.165) is 31.8 Å². The predicted octanol–water partition coefficient (Wildman–Crippen LogP) is 2.55. The molecule has 130 valence electrons. The van der Waals surface area contributed by atoms with Gasteiger partial charge in [-0.1, -0.05) is 19.1 Å². The lowest BCUT2D eigenvalue weighted by Crippen LogP contribution is -2.32. The number of benzene rings is 1. The number of nitrogens with two attached hydrogens (primary N) is 2. The van der Waals surface area contributed by atoms with Gasteiger partial charge in [0.15, 0.2) is 0 Å². The largest absolute Gasteiger partial charge is 0.382 e. The summed E-state index contributed by atoms with van der Waals surface area (Å²) in [5.41, 5.74) is 12.8. The zero-order chi connectivity index (χ0) is 18.0. The van der Waals surface area contributed by atoms with Crippen LogP contribution in [0.25, 0.3) is 11.3 Å². The first kappa shape index (κ1) is 17.1. The van der Waals surface area contributed by atoms with Gasteiger partial charge in [-0.15, -0.1) is 0 Å². The summed E-state index contributed by atoms with van der Waals surface area (Å²) < 4.78 is 14.6. The third-order valence-corrected chi connectivity index (χ3v) is 4.66. The second kappa shape index (κ2) is 7.03. The molecule has 1 aliphatic heterocycles. The molecule has 0 bridgehead atoms. The number of hydrogen-bond donors (Lipinski definition) is 2. The fourth-order valence-corrected chi connectivity index (χ4v) is 3.10. The molecule has 6 nitrogen and oxygen atoms in total.